The zero-order valence-electron chi connectivity index (χ0n) is 15.9. The minimum absolute atomic E-state index is 0.0391. The van der Waals surface area contributed by atoms with Crippen LogP contribution in [-0.4, -0.2) is 36.4 Å². The van der Waals surface area contributed by atoms with Crippen LogP contribution in [0.15, 0.2) is 36.4 Å². The summed E-state index contributed by atoms with van der Waals surface area (Å²) < 4.78 is 31.8. The number of hydrogen-bond donors (Lipinski definition) is 2. The smallest absolute Gasteiger partial charge is 0.497 e. The Morgan fingerprint density at radius 1 is 1.00 bits per heavy atom. The third-order valence-corrected chi connectivity index (χ3v) is 4.30. The Balaban J connectivity index is 2.31. The van der Waals surface area contributed by atoms with E-state index in [1.54, 1.807) is 26.2 Å². The largest absolute Gasteiger partial charge is 0.524 e. The highest BCUT2D eigenvalue weighted by Gasteiger charge is 2.26. The first kappa shape index (κ1) is 21.8. The minimum atomic E-state index is -4.89. The number of hydrogen-bond acceptors (Lipinski definition) is 6. The van der Waals surface area contributed by atoms with Crippen LogP contribution in [0.2, 0.25) is 0 Å². The number of carbonyl (C=O) groups excluding carboxylic acids is 1. The highest BCUT2D eigenvalue weighted by atomic mass is 31.2. The van der Waals surface area contributed by atoms with E-state index in [0.717, 1.165) is 5.56 Å². The Morgan fingerprint density at radius 2 is 1.64 bits per heavy atom. The molecule has 0 radical (unpaired) electrons. The molecule has 2 aromatic rings. The molecule has 0 bridgehead atoms. The van der Waals surface area contributed by atoms with Crippen molar-refractivity contribution in [1.29, 1.82) is 0 Å². The van der Waals surface area contributed by atoms with E-state index in [1.807, 2.05) is 12.1 Å². The van der Waals surface area contributed by atoms with Crippen molar-refractivity contribution in [2.75, 3.05) is 20.8 Å². The van der Waals surface area contributed by atoms with Crippen LogP contribution in [0.5, 0.6) is 23.0 Å². The van der Waals surface area contributed by atoms with Crippen molar-refractivity contribution < 1.29 is 37.9 Å². The fourth-order valence-electron chi connectivity index (χ4n) is 2.63. The van der Waals surface area contributed by atoms with Crippen molar-refractivity contribution in [3.8, 4) is 23.0 Å². The minimum Gasteiger partial charge on any atom is -0.497 e. The summed E-state index contributed by atoms with van der Waals surface area (Å²) in [6.45, 7) is 2.08. The van der Waals surface area contributed by atoms with Gasteiger partial charge in [-0.2, -0.15) is 0 Å². The van der Waals surface area contributed by atoms with Gasteiger partial charge in [-0.25, -0.2) is 4.57 Å². The van der Waals surface area contributed by atoms with Crippen molar-refractivity contribution in [3.05, 3.63) is 47.5 Å². The molecular weight excluding hydrogens is 387 g/mol. The van der Waals surface area contributed by atoms with Crippen molar-refractivity contribution in [2.45, 2.75) is 19.8 Å². The van der Waals surface area contributed by atoms with Crippen LogP contribution in [0, 0.1) is 0 Å². The molecule has 0 aliphatic rings. The number of benzene rings is 2. The van der Waals surface area contributed by atoms with E-state index < -0.39 is 7.82 Å². The maximum Gasteiger partial charge on any atom is 0.524 e. The second-order valence-corrected chi connectivity index (χ2v) is 6.95. The van der Waals surface area contributed by atoms with Crippen LogP contribution in [0.4, 0.5) is 0 Å². The molecule has 0 aliphatic carbocycles. The van der Waals surface area contributed by atoms with Crippen LogP contribution in [-0.2, 0) is 11.0 Å². The molecule has 0 fully saturated rings. The van der Waals surface area contributed by atoms with Gasteiger partial charge in [0.1, 0.15) is 28.6 Å². The molecule has 0 unspecified atom stereocenters. The SMILES string of the molecule is CCOc1cc(OC)c(C(=O)CCc2ccc(OC)cc2)c(OP(=O)(O)O)c1. The summed E-state index contributed by atoms with van der Waals surface area (Å²) in [5, 5.41) is 0. The van der Waals surface area contributed by atoms with Crippen LogP contribution in [0.1, 0.15) is 29.3 Å². The molecule has 0 amide bonds. The molecule has 8 nitrogen and oxygen atoms in total. The average Bonchev–Trinajstić information content (AvgIpc) is 2.65. The van der Waals surface area contributed by atoms with Crippen LogP contribution in [0.25, 0.3) is 0 Å². The van der Waals surface area contributed by atoms with E-state index in [2.05, 4.69) is 0 Å². The summed E-state index contributed by atoms with van der Waals surface area (Å²) in [4.78, 5) is 31.2. The fraction of sp³-hybridized carbons (Fsp3) is 0.316. The summed E-state index contributed by atoms with van der Waals surface area (Å²) in [5.41, 5.74) is 0.874. The molecule has 0 spiro atoms. The quantitative estimate of drug-likeness (QED) is 0.453. The van der Waals surface area contributed by atoms with Gasteiger partial charge in [-0.1, -0.05) is 12.1 Å². The molecule has 0 aliphatic heterocycles. The maximum atomic E-state index is 12.8. The number of Topliss-reactive ketones (excluding diaryl/α,β-unsaturated/α-hetero) is 1. The number of methoxy groups -OCH3 is 2. The summed E-state index contributed by atoms with van der Waals surface area (Å²) >= 11 is 0. The van der Waals surface area contributed by atoms with Crippen molar-refractivity contribution in [1.82, 2.24) is 0 Å². The summed E-state index contributed by atoms with van der Waals surface area (Å²) in [6.07, 6.45) is 0.517. The summed E-state index contributed by atoms with van der Waals surface area (Å²) in [7, 11) is -1.96. The molecule has 2 rings (SSSR count). The molecule has 0 heterocycles. The standard InChI is InChI=1S/C19H23O8P/c1-4-26-15-11-17(25-3)19(18(12-15)27-28(21,22)23)16(20)10-7-13-5-8-14(24-2)9-6-13/h5-6,8-9,11-12H,4,7,10H2,1-3H3,(H2,21,22,23). The van der Waals surface area contributed by atoms with Gasteiger partial charge < -0.3 is 18.7 Å². The molecule has 28 heavy (non-hydrogen) atoms. The molecule has 0 aromatic heterocycles. The molecular formula is C19H23O8P. The molecule has 0 saturated carbocycles. The monoisotopic (exact) mass is 410 g/mol. The summed E-state index contributed by atoms with van der Waals surface area (Å²) in [5.74, 6) is 0.444. The highest BCUT2D eigenvalue weighted by Crippen LogP contribution is 2.44. The number of aryl methyl sites for hydroxylation is 1. The molecule has 152 valence electrons. The second-order valence-electron chi connectivity index (χ2n) is 5.78. The lowest BCUT2D eigenvalue weighted by molar-refractivity contribution is 0.0978. The second kappa shape index (κ2) is 9.59. The Hall–Kier alpha value is -2.54. The third kappa shape index (κ3) is 5.99. The Labute approximate surface area is 163 Å². The van der Waals surface area contributed by atoms with Gasteiger partial charge in [0.05, 0.1) is 20.8 Å². The first-order valence-corrected chi connectivity index (χ1v) is 10.1. The van der Waals surface area contributed by atoms with Gasteiger partial charge in [-0.15, -0.1) is 0 Å². The first-order chi connectivity index (χ1) is 13.3. The predicted molar refractivity (Wildman–Crippen MR) is 102 cm³/mol. The van der Waals surface area contributed by atoms with E-state index in [-0.39, 0.29) is 35.0 Å². The van der Waals surface area contributed by atoms with E-state index >= 15 is 0 Å². The van der Waals surface area contributed by atoms with E-state index in [4.69, 9.17) is 18.7 Å². The fourth-order valence-corrected chi connectivity index (χ4v) is 3.03. The van der Waals surface area contributed by atoms with E-state index in [9.17, 15) is 19.1 Å². The Kier molecular flexibility index (Phi) is 7.45. The van der Waals surface area contributed by atoms with Crippen molar-refractivity contribution in [3.63, 3.8) is 0 Å². The predicted octanol–water partition coefficient (Wildman–Crippen LogP) is 3.39. The zero-order valence-corrected chi connectivity index (χ0v) is 16.8. The van der Waals surface area contributed by atoms with E-state index in [1.165, 1.54) is 19.2 Å². The molecule has 2 N–H and O–H groups in total. The lowest BCUT2D eigenvalue weighted by atomic mass is 10.0. The molecule has 2 aromatic carbocycles. The number of ketones is 1. The highest BCUT2D eigenvalue weighted by molar-refractivity contribution is 7.46. The third-order valence-electron chi connectivity index (χ3n) is 3.87. The topological polar surface area (TPSA) is 112 Å². The average molecular weight is 410 g/mol. The Bertz CT molecular complexity index is 857. The number of ether oxygens (including phenoxy) is 3. The zero-order chi connectivity index (χ0) is 20.7. The molecule has 0 atom stereocenters. The van der Waals surface area contributed by atoms with Gasteiger partial charge in [0.25, 0.3) is 0 Å². The summed E-state index contributed by atoms with van der Waals surface area (Å²) in [6, 6.07) is 10.0. The van der Waals surface area contributed by atoms with Gasteiger partial charge in [0.2, 0.25) is 0 Å². The first-order valence-electron chi connectivity index (χ1n) is 8.53. The van der Waals surface area contributed by atoms with Gasteiger partial charge in [-0.3, -0.25) is 14.6 Å². The van der Waals surface area contributed by atoms with Gasteiger partial charge in [0.15, 0.2) is 5.78 Å². The number of phosphoric acid groups is 1. The van der Waals surface area contributed by atoms with Crippen molar-refractivity contribution in [2.24, 2.45) is 0 Å². The molecule has 9 heteroatoms. The normalized spacial score (nSPS) is 11.0. The number of carbonyl (C=O) groups is 1. The Morgan fingerprint density at radius 3 is 2.18 bits per heavy atom. The van der Waals surface area contributed by atoms with Crippen molar-refractivity contribution >= 4 is 13.6 Å². The lowest BCUT2D eigenvalue weighted by Crippen LogP contribution is -2.08. The number of phosphoric ester groups is 1. The molecule has 0 saturated heterocycles. The van der Waals surface area contributed by atoms with Gasteiger partial charge in [-0.05, 0) is 31.0 Å². The van der Waals surface area contributed by atoms with Gasteiger partial charge in [0, 0.05) is 18.6 Å². The maximum absolute atomic E-state index is 12.8. The van der Waals surface area contributed by atoms with Crippen LogP contribution < -0.4 is 18.7 Å². The van der Waals surface area contributed by atoms with Crippen LogP contribution >= 0.6 is 7.82 Å². The lowest BCUT2D eigenvalue weighted by Gasteiger charge is -2.16. The van der Waals surface area contributed by atoms with E-state index in [0.29, 0.717) is 18.8 Å². The number of rotatable bonds is 10. The van der Waals surface area contributed by atoms with Gasteiger partial charge >= 0.3 is 7.82 Å². The van der Waals surface area contributed by atoms with Crippen LogP contribution in [0.3, 0.4) is 0 Å².